The van der Waals surface area contributed by atoms with Crippen LogP contribution < -0.4 is 0 Å². The summed E-state index contributed by atoms with van der Waals surface area (Å²) < 4.78 is 0.678. The molecule has 0 aliphatic carbocycles. The number of rotatable bonds is 1. The van der Waals surface area contributed by atoms with Gasteiger partial charge in [0.25, 0.3) is 0 Å². The van der Waals surface area contributed by atoms with Crippen LogP contribution in [0.15, 0.2) is 24.5 Å². The van der Waals surface area contributed by atoms with E-state index in [1.165, 1.54) is 17.7 Å². The van der Waals surface area contributed by atoms with E-state index < -0.39 is 5.97 Å². The molecule has 0 fully saturated rings. The highest BCUT2D eigenvalue weighted by molar-refractivity contribution is 7.25. The van der Waals surface area contributed by atoms with Crippen molar-refractivity contribution in [2.24, 2.45) is 0 Å². The molecule has 0 saturated heterocycles. The molecule has 0 saturated carbocycles. The number of nitrogens with zero attached hydrogens (tertiary/aromatic N) is 2. The largest absolute Gasteiger partial charge is 0.478 e. The van der Waals surface area contributed by atoms with E-state index in [4.69, 9.17) is 16.7 Å². The molecule has 84 valence electrons. The molecule has 2 heterocycles. The van der Waals surface area contributed by atoms with Gasteiger partial charge < -0.3 is 5.11 Å². The maximum atomic E-state index is 11.1. The molecule has 0 radical (unpaired) electrons. The Hall–Kier alpha value is -1.72. The zero-order valence-electron chi connectivity index (χ0n) is 8.35. The fourth-order valence-electron chi connectivity index (χ4n) is 1.76. The summed E-state index contributed by atoms with van der Waals surface area (Å²) in [6.45, 7) is 0. The van der Waals surface area contributed by atoms with Crippen molar-refractivity contribution in [2.75, 3.05) is 0 Å². The number of aromatic nitrogens is 2. The first kappa shape index (κ1) is 10.4. The third-order valence-electron chi connectivity index (χ3n) is 2.48. The first-order valence-electron chi connectivity index (χ1n) is 4.73. The van der Waals surface area contributed by atoms with Gasteiger partial charge in [0.05, 0.1) is 15.6 Å². The van der Waals surface area contributed by atoms with Crippen LogP contribution >= 0.6 is 22.9 Å². The molecule has 17 heavy (non-hydrogen) atoms. The first-order valence-corrected chi connectivity index (χ1v) is 5.93. The van der Waals surface area contributed by atoms with Gasteiger partial charge in [0.2, 0.25) is 0 Å². The highest BCUT2D eigenvalue weighted by Crippen LogP contribution is 2.37. The Labute approximate surface area is 104 Å². The fourth-order valence-corrected chi connectivity index (χ4v) is 3.20. The number of hydrogen-bond acceptors (Lipinski definition) is 4. The lowest BCUT2D eigenvalue weighted by Gasteiger charge is -1.96. The SMILES string of the molecule is O=C(O)c1cccc2c1sc1ncnc(Cl)c12. The number of carbonyl (C=O) groups is 1. The molecule has 1 N–H and O–H groups in total. The molecule has 4 nitrogen and oxygen atoms in total. The van der Waals surface area contributed by atoms with Crippen molar-refractivity contribution < 1.29 is 9.90 Å². The zero-order chi connectivity index (χ0) is 12.0. The van der Waals surface area contributed by atoms with Crippen molar-refractivity contribution in [3.63, 3.8) is 0 Å². The first-order chi connectivity index (χ1) is 8.18. The smallest absolute Gasteiger partial charge is 0.337 e. The highest BCUT2D eigenvalue weighted by Gasteiger charge is 2.15. The van der Waals surface area contributed by atoms with Gasteiger partial charge in [-0.1, -0.05) is 23.7 Å². The standard InChI is InChI=1S/C11H5ClN2O2S/c12-9-7-5-2-1-3-6(11(15)16)8(5)17-10(7)14-4-13-9/h1-4H,(H,15,16). The summed E-state index contributed by atoms with van der Waals surface area (Å²) in [5.74, 6) is -0.953. The van der Waals surface area contributed by atoms with E-state index >= 15 is 0 Å². The Morgan fingerprint density at radius 3 is 2.94 bits per heavy atom. The number of carboxylic acids is 1. The van der Waals surface area contributed by atoms with E-state index in [9.17, 15) is 4.79 Å². The van der Waals surface area contributed by atoms with E-state index in [0.717, 1.165) is 10.8 Å². The summed E-state index contributed by atoms with van der Waals surface area (Å²) in [4.78, 5) is 19.8. The lowest BCUT2D eigenvalue weighted by Crippen LogP contribution is -1.95. The second kappa shape index (κ2) is 3.65. The third-order valence-corrected chi connectivity index (χ3v) is 3.91. The number of aromatic carboxylic acids is 1. The topological polar surface area (TPSA) is 63.1 Å². The molecule has 0 amide bonds. The fraction of sp³-hybridized carbons (Fsp3) is 0. The van der Waals surface area contributed by atoms with Crippen LogP contribution in [-0.2, 0) is 0 Å². The van der Waals surface area contributed by atoms with Gasteiger partial charge in [0.15, 0.2) is 0 Å². The Balaban J connectivity index is 2.56. The molecule has 0 atom stereocenters. The Morgan fingerprint density at radius 1 is 1.35 bits per heavy atom. The maximum Gasteiger partial charge on any atom is 0.337 e. The van der Waals surface area contributed by atoms with Gasteiger partial charge in [0, 0.05) is 5.39 Å². The number of benzene rings is 1. The van der Waals surface area contributed by atoms with Gasteiger partial charge in [-0.25, -0.2) is 14.8 Å². The average molecular weight is 265 g/mol. The summed E-state index contributed by atoms with van der Waals surface area (Å²) in [5, 5.41) is 11.0. The summed E-state index contributed by atoms with van der Waals surface area (Å²) >= 11 is 7.33. The van der Waals surface area contributed by atoms with E-state index in [1.54, 1.807) is 12.1 Å². The molecule has 0 spiro atoms. The predicted octanol–water partition coefficient (Wildman–Crippen LogP) is 3.20. The third kappa shape index (κ3) is 1.47. The van der Waals surface area contributed by atoms with Gasteiger partial charge in [-0.15, -0.1) is 11.3 Å². The molecule has 0 aliphatic rings. The minimum Gasteiger partial charge on any atom is -0.478 e. The Kier molecular flexibility index (Phi) is 2.24. The second-order valence-electron chi connectivity index (χ2n) is 3.43. The average Bonchev–Trinajstić information content (AvgIpc) is 2.67. The van der Waals surface area contributed by atoms with Gasteiger partial charge in [-0.05, 0) is 6.07 Å². The number of thiophene rings is 1. The quantitative estimate of drug-likeness (QED) is 0.686. The summed E-state index contributed by atoms with van der Waals surface area (Å²) in [5.41, 5.74) is 0.265. The molecule has 3 aromatic rings. The number of carboxylic acid groups (broad SMARTS) is 1. The van der Waals surface area contributed by atoms with Gasteiger partial charge >= 0.3 is 5.97 Å². The Morgan fingerprint density at radius 2 is 2.18 bits per heavy atom. The van der Waals surface area contributed by atoms with Crippen molar-refractivity contribution in [3.05, 3.63) is 35.2 Å². The van der Waals surface area contributed by atoms with Crippen molar-refractivity contribution in [2.45, 2.75) is 0 Å². The molecule has 0 aliphatic heterocycles. The van der Waals surface area contributed by atoms with Crippen LogP contribution in [-0.4, -0.2) is 21.0 Å². The minimum atomic E-state index is -0.953. The summed E-state index contributed by atoms with van der Waals surface area (Å²) in [6.07, 6.45) is 1.38. The molecule has 2 aromatic heterocycles. The molecule has 1 aromatic carbocycles. The van der Waals surface area contributed by atoms with Gasteiger partial charge in [-0.2, -0.15) is 0 Å². The van der Waals surface area contributed by atoms with E-state index in [2.05, 4.69) is 9.97 Å². The molecule has 0 unspecified atom stereocenters. The molecular formula is C11H5ClN2O2S. The van der Waals surface area contributed by atoms with Crippen LogP contribution in [0.2, 0.25) is 5.15 Å². The molecular weight excluding hydrogens is 260 g/mol. The summed E-state index contributed by atoms with van der Waals surface area (Å²) in [7, 11) is 0. The molecule has 0 bridgehead atoms. The molecule has 6 heteroatoms. The van der Waals surface area contributed by atoms with Crippen LogP contribution in [0.5, 0.6) is 0 Å². The van der Waals surface area contributed by atoms with Crippen molar-refractivity contribution in [1.82, 2.24) is 9.97 Å². The van der Waals surface area contributed by atoms with Crippen LogP contribution in [0.25, 0.3) is 20.3 Å². The van der Waals surface area contributed by atoms with Gasteiger partial charge in [0.1, 0.15) is 16.3 Å². The van der Waals surface area contributed by atoms with E-state index in [0.29, 0.717) is 14.7 Å². The van der Waals surface area contributed by atoms with Gasteiger partial charge in [-0.3, -0.25) is 0 Å². The summed E-state index contributed by atoms with van der Waals surface area (Å²) in [6, 6.07) is 5.10. The predicted molar refractivity (Wildman–Crippen MR) is 66.9 cm³/mol. The van der Waals surface area contributed by atoms with Crippen LogP contribution in [0.3, 0.4) is 0 Å². The maximum absolute atomic E-state index is 11.1. The lowest BCUT2D eigenvalue weighted by atomic mass is 10.1. The lowest BCUT2D eigenvalue weighted by molar-refractivity contribution is 0.0699. The normalized spacial score (nSPS) is 11.1. The van der Waals surface area contributed by atoms with Crippen molar-refractivity contribution >= 4 is 49.2 Å². The molecule has 3 rings (SSSR count). The Bertz CT molecular complexity index is 754. The zero-order valence-corrected chi connectivity index (χ0v) is 9.92. The van der Waals surface area contributed by atoms with Crippen molar-refractivity contribution in [3.8, 4) is 0 Å². The highest BCUT2D eigenvalue weighted by atomic mass is 35.5. The van der Waals surface area contributed by atoms with E-state index in [-0.39, 0.29) is 5.56 Å². The second-order valence-corrected chi connectivity index (χ2v) is 4.79. The monoisotopic (exact) mass is 264 g/mol. The number of fused-ring (bicyclic) bond motifs is 3. The van der Waals surface area contributed by atoms with Crippen molar-refractivity contribution in [1.29, 1.82) is 0 Å². The van der Waals surface area contributed by atoms with Crippen LogP contribution in [0.4, 0.5) is 0 Å². The van der Waals surface area contributed by atoms with Crippen LogP contribution in [0, 0.1) is 0 Å². The number of halogens is 1. The minimum absolute atomic E-state index is 0.265. The number of hydrogen-bond donors (Lipinski definition) is 1. The van der Waals surface area contributed by atoms with E-state index in [1.807, 2.05) is 6.07 Å². The van der Waals surface area contributed by atoms with Crippen LogP contribution in [0.1, 0.15) is 10.4 Å².